The SMILES string of the molecule is COc1ccc2c(c1)CCN(S(=O)(=O)CCCNC(=O)c1ccc(F)c(F)c1)C2. The second kappa shape index (κ2) is 8.87. The molecular formula is C20H22F2N2O4S. The minimum Gasteiger partial charge on any atom is -0.497 e. The average molecular weight is 424 g/mol. The van der Waals surface area contributed by atoms with Crippen LogP contribution in [0.2, 0.25) is 0 Å². The van der Waals surface area contributed by atoms with Gasteiger partial charge in [-0.2, -0.15) is 4.31 Å². The number of hydrogen-bond acceptors (Lipinski definition) is 4. The molecule has 3 rings (SSSR count). The summed E-state index contributed by atoms with van der Waals surface area (Å²) in [6.45, 7) is 0.811. The number of carbonyl (C=O) groups is 1. The molecule has 0 atom stereocenters. The highest BCUT2D eigenvalue weighted by molar-refractivity contribution is 7.89. The maximum atomic E-state index is 13.2. The average Bonchev–Trinajstić information content (AvgIpc) is 2.72. The lowest BCUT2D eigenvalue weighted by Crippen LogP contribution is -2.38. The van der Waals surface area contributed by atoms with Crippen LogP contribution in [0, 0.1) is 11.6 Å². The summed E-state index contributed by atoms with van der Waals surface area (Å²) < 4.78 is 58.0. The zero-order valence-corrected chi connectivity index (χ0v) is 16.8. The van der Waals surface area contributed by atoms with Crippen LogP contribution in [0.15, 0.2) is 36.4 Å². The molecule has 0 aliphatic carbocycles. The Hall–Kier alpha value is -2.52. The topological polar surface area (TPSA) is 75.7 Å². The van der Waals surface area contributed by atoms with Crippen LogP contribution >= 0.6 is 0 Å². The van der Waals surface area contributed by atoms with Gasteiger partial charge in [0.2, 0.25) is 10.0 Å². The monoisotopic (exact) mass is 424 g/mol. The van der Waals surface area contributed by atoms with E-state index in [1.165, 1.54) is 10.4 Å². The van der Waals surface area contributed by atoms with Crippen LogP contribution in [0.25, 0.3) is 0 Å². The number of halogens is 2. The predicted octanol–water partition coefficient (Wildman–Crippen LogP) is 2.48. The van der Waals surface area contributed by atoms with E-state index in [2.05, 4.69) is 5.32 Å². The number of hydrogen-bond donors (Lipinski definition) is 1. The number of ether oxygens (including phenoxy) is 1. The number of carbonyl (C=O) groups excluding carboxylic acids is 1. The van der Waals surface area contributed by atoms with Crippen LogP contribution in [0.4, 0.5) is 8.78 Å². The molecule has 0 saturated carbocycles. The minimum atomic E-state index is -3.48. The van der Waals surface area contributed by atoms with E-state index in [0.717, 1.165) is 29.0 Å². The number of fused-ring (bicyclic) bond motifs is 1. The van der Waals surface area contributed by atoms with Crippen molar-refractivity contribution in [3.63, 3.8) is 0 Å². The third-order valence-electron chi connectivity index (χ3n) is 4.83. The summed E-state index contributed by atoms with van der Waals surface area (Å²) in [4.78, 5) is 12.0. The van der Waals surface area contributed by atoms with Crippen LogP contribution in [0.5, 0.6) is 5.75 Å². The molecule has 1 amide bonds. The summed E-state index contributed by atoms with van der Waals surface area (Å²) in [7, 11) is -1.89. The van der Waals surface area contributed by atoms with Crippen molar-refractivity contribution >= 4 is 15.9 Å². The zero-order valence-electron chi connectivity index (χ0n) is 16.0. The van der Waals surface area contributed by atoms with Gasteiger partial charge in [0.25, 0.3) is 5.91 Å². The maximum absolute atomic E-state index is 13.2. The number of sulfonamides is 1. The molecule has 156 valence electrons. The van der Waals surface area contributed by atoms with Gasteiger partial charge in [0.15, 0.2) is 11.6 Å². The first-order valence-corrected chi connectivity index (χ1v) is 10.8. The van der Waals surface area contributed by atoms with Crippen molar-refractivity contribution in [3.8, 4) is 5.75 Å². The molecule has 6 nitrogen and oxygen atoms in total. The Bertz CT molecular complexity index is 1010. The van der Waals surface area contributed by atoms with Crippen LogP contribution in [-0.2, 0) is 23.0 Å². The number of nitrogens with zero attached hydrogens (tertiary/aromatic N) is 1. The molecule has 2 aromatic carbocycles. The Morgan fingerprint density at radius 1 is 1.14 bits per heavy atom. The Labute approximate surface area is 168 Å². The molecule has 9 heteroatoms. The zero-order chi connectivity index (χ0) is 21.0. The molecule has 1 aliphatic rings. The normalized spacial score (nSPS) is 14.3. The van der Waals surface area contributed by atoms with E-state index < -0.39 is 27.6 Å². The van der Waals surface area contributed by atoms with Gasteiger partial charge in [0.1, 0.15) is 5.75 Å². The van der Waals surface area contributed by atoms with E-state index in [0.29, 0.717) is 19.5 Å². The van der Waals surface area contributed by atoms with Gasteiger partial charge in [-0.05, 0) is 54.3 Å². The van der Waals surface area contributed by atoms with E-state index >= 15 is 0 Å². The van der Waals surface area contributed by atoms with Gasteiger partial charge in [-0.3, -0.25) is 4.79 Å². The molecule has 0 fully saturated rings. The number of benzene rings is 2. The highest BCUT2D eigenvalue weighted by Crippen LogP contribution is 2.25. The first kappa shape index (κ1) is 21.2. The van der Waals surface area contributed by atoms with E-state index in [-0.39, 0.29) is 24.3 Å². The van der Waals surface area contributed by atoms with Gasteiger partial charge in [-0.1, -0.05) is 6.07 Å². The molecule has 1 N–H and O–H groups in total. The molecule has 0 unspecified atom stereocenters. The van der Waals surface area contributed by atoms with Crippen LogP contribution in [-0.4, -0.2) is 44.6 Å². The Balaban J connectivity index is 1.51. The summed E-state index contributed by atoms with van der Waals surface area (Å²) in [5.74, 6) is -2.09. The Morgan fingerprint density at radius 2 is 1.93 bits per heavy atom. The molecule has 0 radical (unpaired) electrons. The van der Waals surface area contributed by atoms with Crippen LogP contribution in [0.1, 0.15) is 27.9 Å². The number of methoxy groups -OCH3 is 1. The fraction of sp³-hybridized carbons (Fsp3) is 0.350. The van der Waals surface area contributed by atoms with Gasteiger partial charge in [-0.25, -0.2) is 17.2 Å². The van der Waals surface area contributed by atoms with Crippen molar-refractivity contribution in [1.29, 1.82) is 0 Å². The second-order valence-electron chi connectivity index (χ2n) is 6.77. The van der Waals surface area contributed by atoms with Crippen molar-refractivity contribution in [2.45, 2.75) is 19.4 Å². The summed E-state index contributed by atoms with van der Waals surface area (Å²) >= 11 is 0. The number of rotatable bonds is 7. The van der Waals surface area contributed by atoms with Crippen molar-refractivity contribution in [2.75, 3.05) is 26.0 Å². The van der Waals surface area contributed by atoms with Gasteiger partial charge in [0.05, 0.1) is 12.9 Å². The largest absolute Gasteiger partial charge is 0.497 e. The van der Waals surface area contributed by atoms with Gasteiger partial charge < -0.3 is 10.1 Å². The molecular weight excluding hydrogens is 402 g/mol. The molecule has 29 heavy (non-hydrogen) atoms. The lowest BCUT2D eigenvalue weighted by Gasteiger charge is -2.28. The number of nitrogens with one attached hydrogen (secondary N) is 1. The molecule has 1 heterocycles. The Kier molecular flexibility index (Phi) is 6.49. The van der Waals surface area contributed by atoms with Crippen molar-refractivity contribution in [1.82, 2.24) is 9.62 Å². The molecule has 0 aromatic heterocycles. The predicted molar refractivity (Wildman–Crippen MR) is 104 cm³/mol. The summed E-state index contributed by atoms with van der Waals surface area (Å²) in [5.41, 5.74) is 2.01. The fourth-order valence-electron chi connectivity index (χ4n) is 3.19. The highest BCUT2D eigenvalue weighted by atomic mass is 32.2. The minimum absolute atomic E-state index is 0.0187. The van der Waals surface area contributed by atoms with E-state index in [4.69, 9.17) is 4.74 Å². The maximum Gasteiger partial charge on any atom is 0.251 e. The van der Waals surface area contributed by atoms with Crippen molar-refractivity contribution in [3.05, 3.63) is 64.7 Å². The van der Waals surface area contributed by atoms with Gasteiger partial charge in [0, 0.05) is 25.2 Å². The molecule has 0 bridgehead atoms. The van der Waals surface area contributed by atoms with E-state index in [1.807, 2.05) is 18.2 Å². The smallest absolute Gasteiger partial charge is 0.251 e. The lowest BCUT2D eigenvalue weighted by molar-refractivity contribution is 0.0953. The van der Waals surface area contributed by atoms with E-state index in [1.54, 1.807) is 7.11 Å². The van der Waals surface area contributed by atoms with Gasteiger partial charge in [-0.15, -0.1) is 0 Å². The molecule has 2 aromatic rings. The van der Waals surface area contributed by atoms with Crippen LogP contribution in [0.3, 0.4) is 0 Å². The van der Waals surface area contributed by atoms with E-state index in [9.17, 15) is 22.0 Å². The molecule has 0 spiro atoms. The molecule has 1 aliphatic heterocycles. The quantitative estimate of drug-likeness (QED) is 0.693. The third kappa shape index (κ3) is 5.10. The van der Waals surface area contributed by atoms with Gasteiger partial charge >= 0.3 is 0 Å². The van der Waals surface area contributed by atoms with Crippen LogP contribution < -0.4 is 10.1 Å². The molecule has 0 saturated heterocycles. The van der Waals surface area contributed by atoms with Crippen molar-refractivity contribution in [2.24, 2.45) is 0 Å². The lowest BCUT2D eigenvalue weighted by atomic mass is 10.0. The van der Waals surface area contributed by atoms with Crippen molar-refractivity contribution < 1.29 is 26.7 Å². The second-order valence-corrected chi connectivity index (χ2v) is 8.86. The fourth-order valence-corrected chi connectivity index (χ4v) is 4.67. The third-order valence-corrected chi connectivity index (χ3v) is 6.73. The highest BCUT2D eigenvalue weighted by Gasteiger charge is 2.26. The standard InChI is InChI=1S/C20H22F2N2O4S/c1-28-17-5-3-16-13-24(9-7-14(16)11-17)29(26,27)10-2-8-23-20(25)15-4-6-18(21)19(22)12-15/h3-6,11-12H,2,7-10,13H2,1H3,(H,23,25). The first-order valence-electron chi connectivity index (χ1n) is 9.17. The number of amides is 1. The Morgan fingerprint density at radius 3 is 2.66 bits per heavy atom. The first-order chi connectivity index (χ1) is 13.8. The summed E-state index contributed by atoms with van der Waals surface area (Å²) in [5, 5.41) is 2.52. The summed E-state index contributed by atoms with van der Waals surface area (Å²) in [6.07, 6.45) is 0.822. The summed E-state index contributed by atoms with van der Waals surface area (Å²) in [6, 6.07) is 8.46.